The average molecular weight is 490 g/mol. The third kappa shape index (κ3) is 6.23. The summed E-state index contributed by atoms with van der Waals surface area (Å²) in [5, 5.41) is 17.7. The predicted molar refractivity (Wildman–Crippen MR) is 114 cm³/mol. The van der Waals surface area contributed by atoms with Crippen molar-refractivity contribution in [3.05, 3.63) is 53.2 Å². The van der Waals surface area contributed by atoms with Crippen molar-refractivity contribution in [3.63, 3.8) is 0 Å². The summed E-state index contributed by atoms with van der Waals surface area (Å²) < 4.78 is 43.0. The Hall–Kier alpha value is -4.21. The van der Waals surface area contributed by atoms with Crippen LogP contribution in [-0.2, 0) is 25.9 Å². The van der Waals surface area contributed by atoms with Crippen molar-refractivity contribution in [2.24, 2.45) is 0 Å². The molecule has 13 heteroatoms. The largest absolute Gasteiger partial charge is 0.456 e. The monoisotopic (exact) mass is 490 g/mol. The number of esters is 1. The summed E-state index contributed by atoms with van der Waals surface area (Å²) >= 11 is 0. The minimum atomic E-state index is -4.45. The number of halogens is 3. The topological polar surface area (TPSA) is 137 Å². The molecule has 35 heavy (non-hydrogen) atoms. The lowest BCUT2D eigenvalue weighted by atomic mass is 9.74. The fourth-order valence-corrected chi connectivity index (χ4v) is 3.57. The Bertz CT molecular complexity index is 1120. The molecule has 1 fully saturated rings. The van der Waals surface area contributed by atoms with Crippen LogP contribution in [0, 0.1) is 11.3 Å². The maximum Gasteiger partial charge on any atom is 0.416 e. The van der Waals surface area contributed by atoms with E-state index in [0.717, 1.165) is 19.1 Å². The van der Waals surface area contributed by atoms with Crippen molar-refractivity contribution in [3.8, 4) is 6.07 Å². The minimum Gasteiger partial charge on any atom is -0.456 e. The highest BCUT2D eigenvalue weighted by Gasteiger charge is 2.38. The van der Waals surface area contributed by atoms with E-state index in [9.17, 15) is 32.8 Å². The molecule has 0 aliphatic carbocycles. The zero-order valence-electron chi connectivity index (χ0n) is 18.6. The van der Waals surface area contributed by atoms with Crippen LogP contribution in [0.25, 0.3) is 0 Å². The third-order valence-corrected chi connectivity index (χ3v) is 5.52. The quantitative estimate of drug-likeness (QED) is 0.479. The number of nitriles is 1. The average Bonchev–Trinajstić information content (AvgIpc) is 2.85. The fraction of sp³-hybridized carbons (Fsp3) is 0.364. The van der Waals surface area contributed by atoms with E-state index in [1.807, 2.05) is 4.90 Å². The second-order valence-electron chi connectivity index (χ2n) is 7.82. The van der Waals surface area contributed by atoms with Gasteiger partial charge in [0, 0.05) is 20.0 Å². The van der Waals surface area contributed by atoms with E-state index in [1.54, 1.807) is 6.07 Å². The Labute approximate surface area is 198 Å². The van der Waals surface area contributed by atoms with E-state index >= 15 is 0 Å². The van der Waals surface area contributed by atoms with Gasteiger partial charge in [-0.15, -0.1) is 10.2 Å². The standard InChI is InChI=1S/C22H21F3N6O4/c1-14(32)35-12-19(33)29-30-20(34)17-6-7-18(28-27-17)31-10-8-21(13-26,9-11-31)15-2-4-16(5-3-15)22(23,24)25/h2-7H,8-12H2,1H3,(H,29,33)(H,30,34). The summed E-state index contributed by atoms with van der Waals surface area (Å²) in [5.41, 5.74) is 2.96. The summed E-state index contributed by atoms with van der Waals surface area (Å²) in [4.78, 5) is 36.1. The highest BCUT2D eigenvalue weighted by molar-refractivity contribution is 5.93. The van der Waals surface area contributed by atoms with Crippen molar-refractivity contribution >= 4 is 23.6 Å². The lowest BCUT2D eigenvalue weighted by molar-refractivity contribution is -0.146. The summed E-state index contributed by atoms with van der Waals surface area (Å²) in [6, 6.07) is 9.88. The Balaban J connectivity index is 1.58. The number of alkyl halides is 3. The molecule has 0 spiro atoms. The van der Waals surface area contributed by atoms with Crippen molar-refractivity contribution in [1.29, 1.82) is 5.26 Å². The van der Waals surface area contributed by atoms with Gasteiger partial charge in [-0.2, -0.15) is 18.4 Å². The van der Waals surface area contributed by atoms with Crippen LogP contribution in [0.5, 0.6) is 0 Å². The Morgan fingerprint density at radius 1 is 1.09 bits per heavy atom. The highest BCUT2D eigenvalue weighted by atomic mass is 19.4. The zero-order chi connectivity index (χ0) is 25.6. The molecule has 0 bridgehead atoms. The van der Waals surface area contributed by atoms with E-state index in [4.69, 9.17) is 0 Å². The van der Waals surface area contributed by atoms with Crippen LogP contribution in [0.3, 0.4) is 0 Å². The smallest absolute Gasteiger partial charge is 0.416 e. The first-order valence-corrected chi connectivity index (χ1v) is 10.4. The fourth-order valence-electron chi connectivity index (χ4n) is 3.57. The van der Waals surface area contributed by atoms with Gasteiger partial charge in [-0.25, -0.2) is 0 Å². The third-order valence-electron chi connectivity index (χ3n) is 5.52. The number of piperidine rings is 1. The van der Waals surface area contributed by atoms with Crippen molar-refractivity contribution in [2.75, 3.05) is 24.6 Å². The van der Waals surface area contributed by atoms with Gasteiger partial charge >= 0.3 is 12.1 Å². The molecule has 1 aromatic carbocycles. The van der Waals surface area contributed by atoms with Gasteiger partial charge in [0.2, 0.25) is 0 Å². The van der Waals surface area contributed by atoms with Gasteiger partial charge in [0.1, 0.15) is 0 Å². The molecular formula is C22H21F3N6O4. The van der Waals surface area contributed by atoms with Crippen molar-refractivity contribution in [1.82, 2.24) is 21.0 Å². The van der Waals surface area contributed by atoms with Crippen LogP contribution >= 0.6 is 0 Å². The molecule has 0 unspecified atom stereocenters. The second kappa shape index (κ2) is 10.4. The normalized spacial score (nSPS) is 15.0. The number of nitrogens with one attached hydrogen (secondary N) is 2. The number of amides is 2. The van der Waals surface area contributed by atoms with Gasteiger partial charge < -0.3 is 9.64 Å². The molecule has 1 aliphatic rings. The van der Waals surface area contributed by atoms with E-state index in [0.29, 0.717) is 37.3 Å². The Morgan fingerprint density at radius 2 is 1.74 bits per heavy atom. The van der Waals surface area contributed by atoms with Crippen LogP contribution in [0.15, 0.2) is 36.4 Å². The number of rotatable bonds is 5. The molecule has 0 radical (unpaired) electrons. The molecule has 184 valence electrons. The van der Waals surface area contributed by atoms with Crippen LogP contribution in [0.1, 0.15) is 41.4 Å². The lowest BCUT2D eigenvalue weighted by Gasteiger charge is -2.38. The first-order chi connectivity index (χ1) is 16.5. The number of nitrogens with zero attached hydrogens (tertiary/aromatic N) is 4. The first-order valence-electron chi connectivity index (χ1n) is 10.4. The number of ether oxygens (including phenoxy) is 1. The summed E-state index contributed by atoms with van der Waals surface area (Å²) in [6.45, 7) is 1.40. The number of benzene rings is 1. The number of hydrazine groups is 1. The molecular weight excluding hydrogens is 469 g/mol. The van der Waals surface area contributed by atoms with Crippen LogP contribution < -0.4 is 15.8 Å². The lowest BCUT2D eigenvalue weighted by Crippen LogP contribution is -2.44. The Morgan fingerprint density at radius 3 is 2.26 bits per heavy atom. The second-order valence-corrected chi connectivity index (χ2v) is 7.82. The van der Waals surface area contributed by atoms with Gasteiger partial charge in [0.25, 0.3) is 11.8 Å². The molecule has 1 aromatic heterocycles. The molecule has 0 atom stereocenters. The number of anilines is 1. The molecule has 2 aromatic rings. The minimum absolute atomic E-state index is 0.0744. The molecule has 2 amide bonds. The molecule has 1 saturated heterocycles. The van der Waals surface area contributed by atoms with E-state index in [2.05, 4.69) is 31.9 Å². The summed E-state index contributed by atoms with van der Waals surface area (Å²) in [5.74, 6) is -1.65. The molecule has 2 heterocycles. The van der Waals surface area contributed by atoms with E-state index in [-0.39, 0.29) is 5.69 Å². The van der Waals surface area contributed by atoms with Crippen LogP contribution in [0.4, 0.5) is 19.0 Å². The maximum absolute atomic E-state index is 12.8. The van der Waals surface area contributed by atoms with Gasteiger partial charge in [0.05, 0.1) is 17.0 Å². The van der Waals surface area contributed by atoms with Crippen LogP contribution in [0.2, 0.25) is 0 Å². The number of carbonyl (C=O) groups is 3. The van der Waals surface area contributed by atoms with Gasteiger partial charge in [-0.3, -0.25) is 25.2 Å². The van der Waals surface area contributed by atoms with E-state index in [1.165, 1.54) is 18.2 Å². The summed E-state index contributed by atoms with van der Waals surface area (Å²) in [7, 11) is 0. The van der Waals surface area contributed by atoms with Crippen molar-refractivity contribution in [2.45, 2.75) is 31.4 Å². The number of hydrogen-bond donors (Lipinski definition) is 2. The zero-order valence-corrected chi connectivity index (χ0v) is 18.6. The SMILES string of the molecule is CC(=O)OCC(=O)NNC(=O)c1ccc(N2CCC(C#N)(c3ccc(C(F)(F)F)cc3)CC2)nn1. The Kier molecular flexibility index (Phi) is 7.53. The highest BCUT2D eigenvalue weighted by Crippen LogP contribution is 2.37. The number of aromatic nitrogens is 2. The number of hydrogen-bond acceptors (Lipinski definition) is 8. The van der Waals surface area contributed by atoms with E-state index < -0.39 is 41.5 Å². The molecule has 10 nitrogen and oxygen atoms in total. The number of carbonyl (C=O) groups excluding carboxylic acids is 3. The molecule has 2 N–H and O–H groups in total. The van der Waals surface area contributed by atoms with Crippen LogP contribution in [-0.4, -0.2) is 47.7 Å². The molecule has 1 aliphatic heterocycles. The van der Waals surface area contributed by atoms with Gasteiger partial charge in [-0.1, -0.05) is 12.1 Å². The molecule has 0 saturated carbocycles. The maximum atomic E-state index is 12.8. The molecule has 3 rings (SSSR count). The van der Waals surface area contributed by atoms with Gasteiger partial charge in [-0.05, 0) is 42.7 Å². The van der Waals surface area contributed by atoms with Gasteiger partial charge in [0.15, 0.2) is 18.1 Å². The van der Waals surface area contributed by atoms with Crippen molar-refractivity contribution < 1.29 is 32.3 Å². The first kappa shape index (κ1) is 25.4. The predicted octanol–water partition coefficient (Wildman–Crippen LogP) is 1.88. The summed E-state index contributed by atoms with van der Waals surface area (Å²) in [6.07, 6.45) is -3.71.